The first-order valence-electron chi connectivity index (χ1n) is 5.14. The van der Waals surface area contributed by atoms with Crippen molar-refractivity contribution in [2.45, 2.75) is 13.8 Å². The van der Waals surface area contributed by atoms with Crippen LogP contribution in [0.4, 0.5) is 0 Å². The third kappa shape index (κ3) is 1.69. The molecule has 74 valence electrons. The molecule has 0 radical (unpaired) electrons. The van der Waals surface area contributed by atoms with E-state index in [1.165, 1.54) is 20.5 Å². The first-order chi connectivity index (χ1) is 7.45. The number of hydrogen-bond donors (Lipinski definition) is 0. The van der Waals surface area contributed by atoms with Crippen LogP contribution in [-0.4, -0.2) is 0 Å². The highest BCUT2D eigenvalue weighted by atomic mass is 32.1. The molecule has 0 saturated heterocycles. The van der Waals surface area contributed by atoms with Crippen LogP contribution in [0.25, 0.3) is 22.2 Å². The summed E-state index contributed by atoms with van der Waals surface area (Å²) in [7, 11) is 0. The Morgan fingerprint density at radius 1 is 1.00 bits per heavy atom. The lowest BCUT2D eigenvalue weighted by molar-refractivity contribution is 1.50. The zero-order valence-corrected chi connectivity index (χ0v) is 9.69. The maximum atomic E-state index is 3.00. The van der Waals surface area contributed by atoms with Crippen LogP contribution < -0.4 is 0 Å². The number of fused-ring (bicyclic) bond motifs is 3. The Hall–Kier alpha value is -1.52. The lowest BCUT2D eigenvalue weighted by Crippen LogP contribution is -1.72. The molecule has 0 nitrogen and oxygen atoms in total. The van der Waals surface area contributed by atoms with Crippen LogP contribution >= 0.6 is 11.3 Å². The van der Waals surface area contributed by atoms with E-state index in [0.717, 1.165) is 0 Å². The van der Waals surface area contributed by atoms with Crippen molar-refractivity contribution in [3.05, 3.63) is 46.2 Å². The van der Waals surface area contributed by atoms with Crippen LogP contribution in [0.5, 0.6) is 0 Å². The second-order valence-corrected chi connectivity index (χ2v) is 4.04. The van der Waals surface area contributed by atoms with Gasteiger partial charge in [-0.1, -0.05) is 43.5 Å². The molecule has 0 saturated carbocycles. The van der Waals surface area contributed by atoms with Crippen LogP contribution in [0.1, 0.15) is 24.3 Å². The van der Waals surface area contributed by atoms with Crippen LogP contribution in [0.3, 0.4) is 0 Å². The van der Waals surface area contributed by atoms with E-state index in [1.54, 1.807) is 0 Å². The smallest absolute Gasteiger partial charge is 0.0445 e. The highest BCUT2D eigenvalue weighted by Crippen LogP contribution is 2.33. The zero-order valence-electron chi connectivity index (χ0n) is 8.87. The van der Waals surface area contributed by atoms with Gasteiger partial charge in [-0.25, -0.2) is 0 Å². The van der Waals surface area contributed by atoms with E-state index in [4.69, 9.17) is 0 Å². The fourth-order valence-electron chi connectivity index (χ4n) is 1.56. The molecule has 1 aromatic heterocycles. The standard InChI is InChI=1S/C12H6S.C2H6/c1-3-7-11-9(5-1)10-6-2-4-8-12(10)13-11;1-2/h1,3,5-8H;1-2H3. The topological polar surface area (TPSA) is 0 Å². The molecule has 0 spiro atoms. The normalized spacial score (nSPS) is 11.1. The summed E-state index contributed by atoms with van der Waals surface area (Å²) in [5.74, 6) is 0. The molecular weight excluding hydrogens is 200 g/mol. The Bertz CT molecular complexity index is 574. The second-order valence-electron chi connectivity index (χ2n) is 2.95. The lowest BCUT2D eigenvalue weighted by Gasteiger charge is -1.92. The van der Waals surface area contributed by atoms with E-state index < -0.39 is 0 Å². The largest absolute Gasteiger partial charge is 0.134 e. The van der Waals surface area contributed by atoms with Gasteiger partial charge >= 0.3 is 0 Å². The summed E-state index contributed by atoms with van der Waals surface area (Å²) >= 11 is 1.81. The van der Waals surface area contributed by atoms with Crippen molar-refractivity contribution in [3.8, 4) is 0 Å². The van der Waals surface area contributed by atoms with Gasteiger partial charge in [0.1, 0.15) is 0 Å². The average Bonchev–Trinajstić information content (AvgIpc) is 2.70. The fraction of sp³-hybridized carbons (Fsp3) is 0.143. The molecule has 0 bridgehead atoms. The zero-order chi connectivity index (χ0) is 10.7. The van der Waals surface area contributed by atoms with Crippen molar-refractivity contribution < 1.29 is 0 Å². The Balaban J connectivity index is 0.000000404. The van der Waals surface area contributed by atoms with Gasteiger partial charge in [0.25, 0.3) is 0 Å². The van der Waals surface area contributed by atoms with E-state index in [2.05, 4.69) is 35.7 Å². The third-order valence-electron chi connectivity index (χ3n) is 2.17. The number of hydrogen-bond acceptors (Lipinski definition) is 1. The van der Waals surface area contributed by atoms with E-state index >= 15 is 0 Å². The Morgan fingerprint density at radius 2 is 1.73 bits per heavy atom. The van der Waals surface area contributed by atoms with Gasteiger partial charge in [-0.2, -0.15) is 0 Å². The molecule has 0 atom stereocenters. The summed E-state index contributed by atoms with van der Waals surface area (Å²) in [4.78, 5) is 1.29. The number of rotatable bonds is 0. The van der Waals surface area contributed by atoms with E-state index in [-0.39, 0.29) is 0 Å². The third-order valence-corrected chi connectivity index (χ3v) is 3.30. The minimum Gasteiger partial charge on any atom is -0.134 e. The molecule has 1 heterocycles. The number of thiophene rings is 1. The molecule has 0 fully saturated rings. The first-order valence-corrected chi connectivity index (χ1v) is 5.96. The minimum atomic E-state index is 1.29. The van der Waals surface area contributed by atoms with E-state index in [1.807, 2.05) is 37.3 Å². The summed E-state index contributed by atoms with van der Waals surface area (Å²) < 4.78 is 1.34. The maximum absolute atomic E-state index is 3.00. The van der Waals surface area contributed by atoms with Gasteiger partial charge in [0.05, 0.1) is 0 Å². The van der Waals surface area contributed by atoms with Crippen molar-refractivity contribution in [2.75, 3.05) is 0 Å². The molecule has 3 rings (SSSR count). The van der Waals surface area contributed by atoms with Gasteiger partial charge in [0.15, 0.2) is 0 Å². The van der Waals surface area contributed by atoms with Gasteiger partial charge in [0.2, 0.25) is 0 Å². The Kier molecular flexibility index (Phi) is 2.89. The molecule has 1 aliphatic carbocycles. The summed E-state index contributed by atoms with van der Waals surface area (Å²) in [5, 5.41) is 1.33. The SMILES string of the molecule is C1=C=Cc2c(sc3ccccc23)C=1.CC. The summed E-state index contributed by atoms with van der Waals surface area (Å²) in [6, 6.07) is 8.46. The first kappa shape index (κ1) is 10.0. The van der Waals surface area contributed by atoms with Crippen molar-refractivity contribution >= 4 is 33.6 Å². The molecule has 1 aromatic carbocycles. The highest BCUT2D eigenvalue weighted by molar-refractivity contribution is 7.20. The molecule has 1 aliphatic rings. The Morgan fingerprint density at radius 3 is 2.60 bits per heavy atom. The van der Waals surface area contributed by atoms with Gasteiger partial charge in [-0.15, -0.1) is 11.3 Å². The predicted molar refractivity (Wildman–Crippen MR) is 69.1 cm³/mol. The van der Waals surface area contributed by atoms with Crippen molar-refractivity contribution in [1.29, 1.82) is 0 Å². The van der Waals surface area contributed by atoms with Crippen molar-refractivity contribution in [2.24, 2.45) is 0 Å². The molecule has 0 unspecified atom stereocenters. The monoisotopic (exact) mass is 212 g/mol. The van der Waals surface area contributed by atoms with Crippen LogP contribution in [0, 0.1) is 0 Å². The molecular formula is C14H12S. The molecule has 1 heteroatoms. The van der Waals surface area contributed by atoms with E-state index in [9.17, 15) is 0 Å². The van der Waals surface area contributed by atoms with Gasteiger partial charge in [-0.3, -0.25) is 0 Å². The summed E-state index contributed by atoms with van der Waals surface area (Å²) in [5.41, 5.74) is 7.27. The summed E-state index contributed by atoms with van der Waals surface area (Å²) in [6.07, 6.45) is 4.01. The highest BCUT2D eigenvalue weighted by Gasteiger charge is 2.07. The maximum Gasteiger partial charge on any atom is 0.0445 e. The number of benzene rings is 1. The molecule has 15 heavy (non-hydrogen) atoms. The van der Waals surface area contributed by atoms with Crippen molar-refractivity contribution in [3.63, 3.8) is 0 Å². The molecule has 0 amide bonds. The molecule has 0 aliphatic heterocycles. The van der Waals surface area contributed by atoms with Crippen LogP contribution in [-0.2, 0) is 0 Å². The molecule has 2 aromatic rings. The minimum absolute atomic E-state index is 1.29. The predicted octanol–water partition coefficient (Wildman–Crippen LogP) is 4.72. The fourth-order valence-corrected chi connectivity index (χ4v) is 2.63. The van der Waals surface area contributed by atoms with Crippen LogP contribution in [0.15, 0.2) is 35.7 Å². The van der Waals surface area contributed by atoms with Gasteiger partial charge < -0.3 is 0 Å². The van der Waals surface area contributed by atoms with Crippen LogP contribution in [0.2, 0.25) is 0 Å². The summed E-state index contributed by atoms with van der Waals surface area (Å²) in [6.45, 7) is 4.00. The van der Waals surface area contributed by atoms with Gasteiger partial charge in [0, 0.05) is 26.6 Å². The van der Waals surface area contributed by atoms with Crippen molar-refractivity contribution in [1.82, 2.24) is 0 Å². The van der Waals surface area contributed by atoms with Gasteiger partial charge in [-0.05, 0) is 12.1 Å². The molecule has 0 N–H and O–H groups in total. The lowest BCUT2D eigenvalue weighted by atomic mass is 10.1. The Labute approximate surface area is 93.9 Å². The van der Waals surface area contributed by atoms with E-state index in [0.29, 0.717) is 0 Å². The second kappa shape index (κ2) is 4.33. The average molecular weight is 212 g/mol. The quantitative estimate of drug-likeness (QED) is 0.473.